The molecule has 0 radical (unpaired) electrons. The van der Waals surface area contributed by atoms with E-state index >= 15 is 0 Å². The van der Waals surface area contributed by atoms with Crippen LogP contribution in [0, 0.1) is 11.3 Å². The molecule has 3 aliphatic rings. The Balaban J connectivity index is 1.34. The zero-order chi connectivity index (χ0) is 37.4. The van der Waals surface area contributed by atoms with Crippen LogP contribution in [0.2, 0.25) is 0 Å². The van der Waals surface area contributed by atoms with Crippen molar-refractivity contribution >= 4 is 34.6 Å². The largest absolute Gasteiger partial charge is 0.507 e. The van der Waals surface area contributed by atoms with Gasteiger partial charge in [0.25, 0.3) is 0 Å². The van der Waals surface area contributed by atoms with Crippen LogP contribution in [0.15, 0.2) is 67.3 Å². The molecule has 52 heavy (non-hydrogen) atoms. The fourth-order valence-electron chi connectivity index (χ4n) is 7.42. The average molecular weight is 714 g/mol. The second-order valence-electron chi connectivity index (χ2n) is 15.1. The summed E-state index contributed by atoms with van der Waals surface area (Å²) in [5, 5.41) is 28.0. The molecule has 0 unspecified atom stereocenters. The second-order valence-corrected chi connectivity index (χ2v) is 15.1. The molecule has 0 bridgehead atoms. The van der Waals surface area contributed by atoms with Gasteiger partial charge in [-0.1, -0.05) is 57.2 Å². The average Bonchev–Trinajstić information content (AvgIpc) is 3.38. The van der Waals surface area contributed by atoms with Crippen LogP contribution in [0.1, 0.15) is 59.3 Å². The lowest BCUT2D eigenvalue weighted by Gasteiger charge is -2.35. The molecule has 1 saturated heterocycles. The lowest BCUT2D eigenvalue weighted by atomic mass is 9.85. The molecule has 6 rings (SSSR count). The lowest BCUT2D eigenvalue weighted by molar-refractivity contribution is -0.146. The first kappa shape index (κ1) is 36.5. The Morgan fingerprint density at radius 2 is 1.73 bits per heavy atom. The molecule has 2 aliphatic carbocycles. The van der Waals surface area contributed by atoms with Gasteiger partial charge in [-0.05, 0) is 67.3 Å². The molecule has 5 atom stereocenters. The molecule has 3 amide bonds. The maximum atomic E-state index is 14.5. The third-order valence-electron chi connectivity index (χ3n) is 10.5. The predicted molar refractivity (Wildman–Crippen MR) is 194 cm³/mol. The highest BCUT2D eigenvalue weighted by atomic mass is 16.6. The molecule has 1 aliphatic heterocycles. The number of carbonyl (C=O) groups excluding carboxylic acids is 3. The van der Waals surface area contributed by atoms with Crippen LogP contribution in [-0.2, 0) is 19.1 Å². The van der Waals surface area contributed by atoms with E-state index in [-0.39, 0.29) is 31.2 Å². The van der Waals surface area contributed by atoms with E-state index in [4.69, 9.17) is 14.2 Å². The number of benzene rings is 3. The van der Waals surface area contributed by atoms with E-state index in [1.807, 2.05) is 51.1 Å². The van der Waals surface area contributed by atoms with Crippen molar-refractivity contribution in [2.45, 2.75) is 89.1 Å². The number of methoxy groups -OCH3 is 1. The van der Waals surface area contributed by atoms with Gasteiger partial charge in [0.05, 0.1) is 13.7 Å². The van der Waals surface area contributed by atoms with E-state index in [1.54, 1.807) is 24.3 Å². The summed E-state index contributed by atoms with van der Waals surface area (Å²) in [6.07, 6.45) is 3.53. The van der Waals surface area contributed by atoms with Gasteiger partial charge in [0.2, 0.25) is 11.8 Å². The standard InChI is InChI=1S/C40H47N3O9/c1-6-24-21-40(24,37(47)48)42-35(45)31-19-27(22-43(31)36(46)34(39(2,3)4)41-38(49)52-25-14-10-11-15-25)51-32-20-29(23-12-8-7-9-13-23)33(44)30-18-26(50-5)16-17-28(30)32/h6-9,12-13,16-18,20,24-25,27,31,34,44H,1,10-11,14-15,19,21-22H2,2-5H3,(H,41,49)(H,42,45)(H,47,48)/t24-,27-,31+,34-,40-/m1/s1. The molecule has 3 aromatic rings. The number of hydrogen-bond acceptors (Lipinski definition) is 8. The summed E-state index contributed by atoms with van der Waals surface area (Å²) in [6.45, 7) is 9.11. The minimum Gasteiger partial charge on any atom is -0.507 e. The number of carboxylic acids is 1. The quantitative estimate of drug-likeness (QED) is 0.180. The number of amides is 3. The lowest BCUT2D eigenvalue weighted by Crippen LogP contribution is -2.59. The van der Waals surface area contributed by atoms with E-state index in [0.717, 1.165) is 31.2 Å². The summed E-state index contributed by atoms with van der Waals surface area (Å²) in [5.74, 6) is -1.82. The Kier molecular flexibility index (Phi) is 10.1. The number of phenolic OH excluding ortho intramolecular Hbond substituents is 1. The fourth-order valence-corrected chi connectivity index (χ4v) is 7.42. The van der Waals surface area contributed by atoms with Gasteiger partial charge in [0.15, 0.2) is 0 Å². The van der Waals surface area contributed by atoms with E-state index in [0.29, 0.717) is 27.8 Å². The first-order valence-corrected chi connectivity index (χ1v) is 17.8. The second kappa shape index (κ2) is 14.4. The zero-order valence-electron chi connectivity index (χ0n) is 30.0. The highest BCUT2D eigenvalue weighted by Gasteiger charge is 2.61. The molecule has 1 heterocycles. The molecular formula is C40H47N3O9. The predicted octanol–water partition coefficient (Wildman–Crippen LogP) is 5.80. The monoisotopic (exact) mass is 713 g/mol. The van der Waals surface area contributed by atoms with Crippen molar-refractivity contribution in [3.8, 4) is 28.4 Å². The number of alkyl carbamates (subject to hydrolysis) is 1. The molecule has 2 saturated carbocycles. The van der Waals surface area contributed by atoms with Gasteiger partial charge in [0.1, 0.15) is 47.1 Å². The molecule has 4 N–H and O–H groups in total. The number of carbonyl (C=O) groups is 4. The van der Waals surface area contributed by atoms with Crippen LogP contribution in [0.5, 0.6) is 17.2 Å². The smallest absolute Gasteiger partial charge is 0.408 e. The molecule has 3 fully saturated rings. The van der Waals surface area contributed by atoms with Crippen molar-refractivity contribution in [2.75, 3.05) is 13.7 Å². The van der Waals surface area contributed by atoms with Crippen LogP contribution < -0.4 is 20.1 Å². The number of carboxylic acid groups (broad SMARTS) is 1. The van der Waals surface area contributed by atoms with Crippen LogP contribution in [0.25, 0.3) is 21.9 Å². The van der Waals surface area contributed by atoms with Crippen molar-refractivity contribution in [2.24, 2.45) is 11.3 Å². The van der Waals surface area contributed by atoms with E-state index in [9.17, 15) is 29.4 Å². The number of nitrogens with one attached hydrogen (secondary N) is 2. The number of aliphatic carboxylic acids is 1. The number of fused-ring (bicyclic) bond motifs is 1. The Morgan fingerprint density at radius 1 is 1.02 bits per heavy atom. The Hall–Kier alpha value is -5.26. The van der Waals surface area contributed by atoms with Crippen molar-refractivity contribution in [1.29, 1.82) is 0 Å². The van der Waals surface area contributed by atoms with E-state index in [1.165, 1.54) is 18.1 Å². The summed E-state index contributed by atoms with van der Waals surface area (Å²) in [7, 11) is 1.54. The molecule has 3 aromatic carbocycles. The van der Waals surface area contributed by atoms with Crippen LogP contribution in [0.3, 0.4) is 0 Å². The maximum absolute atomic E-state index is 14.5. The molecule has 276 valence electrons. The summed E-state index contributed by atoms with van der Waals surface area (Å²) < 4.78 is 17.7. The Morgan fingerprint density at radius 3 is 2.35 bits per heavy atom. The summed E-state index contributed by atoms with van der Waals surface area (Å²) in [6, 6.07) is 14.1. The number of ether oxygens (including phenoxy) is 3. The van der Waals surface area contributed by atoms with Gasteiger partial charge in [-0.3, -0.25) is 9.59 Å². The minimum absolute atomic E-state index is 0.0347. The topological polar surface area (TPSA) is 164 Å². The molecule has 12 nitrogen and oxygen atoms in total. The highest BCUT2D eigenvalue weighted by molar-refractivity contribution is 6.00. The molecule has 0 spiro atoms. The molecule has 12 heteroatoms. The van der Waals surface area contributed by atoms with Crippen molar-refractivity contribution in [1.82, 2.24) is 15.5 Å². The number of hydrogen-bond donors (Lipinski definition) is 4. The summed E-state index contributed by atoms with van der Waals surface area (Å²) in [4.78, 5) is 55.3. The third-order valence-corrected chi connectivity index (χ3v) is 10.5. The normalized spacial score (nSPS) is 23.5. The van der Waals surface area contributed by atoms with E-state index < -0.39 is 58.9 Å². The van der Waals surface area contributed by atoms with Crippen molar-refractivity contribution in [3.63, 3.8) is 0 Å². The van der Waals surface area contributed by atoms with Gasteiger partial charge in [-0.25, -0.2) is 9.59 Å². The number of rotatable bonds is 11. The van der Waals surface area contributed by atoms with Crippen molar-refractivity contribution in [3.05, 3.63) is 67.3 Å². The SMILES string of the molecule is C=C[C@@H]1C[C@]1(NC(=O)[C@@H]1C[C@@H](Oc2cc(-c3ccccc3)c(O)c3cc(OC)ccc23)CN1C(=O)[C@@H](NC(=O)OC1CCCC1)C(C)(C)C)C(=O)O. The Bertz CT molecular complexity index is 1870. The van der Waals surface area contributed by atoms with Crippen LogP contribution in [0.4, 0.5) is 4.79 Å². The Labute approximate surface area is 303 Å². The van der Waals surface area contributed by atoms with Gasteiger partial charge in [-0.15, -0.1) is 6.58 Å². The van der Waals surface area contributed by atoms with Crippen molar-refractivity contribution < 1.29 is 43.6 Å². The van der Waals surface area contributed by atoms with E-state index in [2.05, 4.69) is 17.2 Å². The number of nitrogens with zero attached hydrogens (tertiary/aromatic N) is 1. The maximum Gasteiger partial charge on any atom is 0.408 e. The third kappa shape index (κ3) is 7.24. The number of aromatic hydroxyl groups is 1. The fraction of sp³-hybridized carbons (Fsp3) is 0.450. The summed E-state index contributed by atoms with van der Waals surface area (Å²) in [5.41, 5.74) is -1.04. The van der Waals surface area contributed by atoms with Gasteiger partial charge in [-0.2, -0.15) is 0 Å². The zero-order valence-corrected chi connectivity index (χ0v) is 30.0. The first-order valence-electron chi connectivity index (χ1n) is 17.8. The number of phenols is 1. The highest BCUT2D eigenvalue weighted by Crippen LogP contribution is 2.46. The minimum atomic E-state index is -1.52. The first-order chi connectivity index (χ1) is 24.7. The molecular weight excluding hydrogens is 666 g/mol. The van der Waals surface area contributed by atoms with Gasteiger partial charge in [0, 0.05) is 28.7 Å². The number of likely N-dealkylation sites (tertiary alicyclic amines) is 1. The molecule has 0 aromatic heterocycles. The van der Waals surface area contributed by atoms with Gasteiger partial charge < -0.3 is 40.0 Å². The van der Waals surface area contributed by atoms with Crippen LogP contribution in [-0.4, -0.2) is 82.5 Å². The van der Waals surface area contributed by atoms with Gasteiger partial charge >= 0.3 is 12.1 Å². The summed E-state index contributed by atoms with van der Waals surface area (Å²) >= 11 is 0. The van der Waals surface area contributed by atoms with Crippen LogP contribution >= 0.6 is 0 Å².